The third kappa shape index (κ3) is 2.81. The normalized spacial score (nSPS) is 34.9. The summed E-state index contributed by atoms with van der Waals surface area (Å²) in [6, 6.07) is 0. The molecule has 0 saturated carbocycles. The number of sulfonamides is 1. The monoisotopic (exact) mass is 283 g/mol. The van der Waals surface area contributed by atoms with Gasteiger partial charge in [-0.25, -0.2) is 16.8 Å². The number of aliphatic hydroxyl groups excluding tert-OH is 1. The minimum Gasteiger partial charge on any atom is -0.392 e. The number of hydrogen-bond acceptors (Lipinski definition) is 5. The minimum absolute atomic E-state index is 0.0483. The second-order valence-electron chi connectivity index (χ2n) is 4.72. The summed E-state index contributed by atoms with van der Waals surface area (Å²) in [4.78, 5) is 0. The van der Waals surface area contributed by atoms with Gasteiger partial charge in [0.05, 0.1) is 22.9 Å². The molecule has 6 nitrogen and oxygen atoms in total. The Kier molecular flexibility index (Phi) is 3.50. The number of aliphatic hydroxyl groups is 1. The molecule has 2 aliphatic heterocycles. The summed E-state index contributed by atoms with van der Waals surface area (Å²) in [7, 11) is -6.77. The van der Waals surface area contributed by atoms with Gasteiger partial charge in [0, 0.05) is 13.1 Å². The van der Waals surface area contributed by atoms with E-state index in [9.17, 15) is 21.9 Å². The first kappa shape index (κ1) is 13.3. The topological polar surface area (TPSA) is 91.8 Å². The summed E-state index contributed by atoms with van der Waals surface area (Å²) < 4.78 is 48.2. The van der Waals surface area contributed by atoms with Crippen LogP contribution in [0.3, 0.4) is 0 Å². The standard InChI is InChI=1S/C9H17NO5S2/c11-8-2-1-4-10(6-8)17(14,15)9-3-5-16(12,13)7-9/h8-9,11H,1-7H2/t8-,9?/m0/s1. The molecule has 2 fully saturated rings. The van der Waals surface area contributed by atoms with Crippen LogP contribution < -0.4 is 0 Å². The van der Waals surface area contributed by atoms with Crippen molar-refractivity contribution in [2.24, 2.45) is 0 Å². The number of hydrogen-bond donors (Lipinski definition) is 1. The van der Waals surface area contributed by atoms with Crippen LogP contribution in [0.25, 0.3) is 0 Å². The van der Waals surface area contributed by atoms with E-state index >= 15 is 0 Å². The molecule has 0 radical (unpaired) electrons. The lowest BCUT2D eigenvalue weighted by Gasteiger charge is -2.31. The van der Waals surface area contributed by atoms with E-state index in [1.54, 1.807) is 0 Å². The highest BCUT2D eigenvalue weighted by Gasteiger charge is 2.41. The van der Waals surface area contributed by atoms with Gasteiger partial charge in [0.2, 0.25) is 10.0 Å². The Morgan fingerprint density at radius 2 is 1.94 bits per heavy atom. The zero-order chi connectivity index (χ0) is 12.7. The van der Waals surface area contributed by atoms with Crippen LogP contribution in [0.1, 0.15) is 19.3 Å². The van der Waals surface area contributed by atoms with E-state index in [4.69, 9.17) is 0 Å². The molecule has 0 aromatic heterocycles. The Bertz CT molecular complexity index is 484. The fourth-order valence-electron chi connectivity index (χ4n) is 2.36. The Morgan fingerprint density at radius 3 is 2.47 bits per heavy atom. The van der Waals surface area contributed by atoms with E-state index in [1.807, 2.05) is 0 Å². The van der Waals surface area contributed by atoms with Crippen molar-refractivity contribution in [2.75, 3.05) is 24.6 Å². The molecule has 2 atom stereocenters. The summed E-state index contributed by atoms with van der Waals surface area (Å²) in [5.41, 5.74) is 0. The van der Waals surface area contributed by atoms with Gasteiger partial charge in [0.25, 0.3) is 0 Å². The van der Waals surface area contributed by atoms with Crippen LogP contribution >= 0.6 is 0 Å². The maximum Gasteiger partial charge on any atom is 0.218 e. The zero-order valence-electron chi connectivity index (χ0n) is 9.45. The molecule has 2 rings (SSSR count). The molecule has 0 aromatic carbocycles. The summed E-state index contributed by atoms with van der Waals surface area (Å²) in [5.74, 6) is -0.324. The minimum atomic E-state index is -3.57. The van der Waals surface area contributed by atoms with Crippen LogP contribution in [0.5, 0.6) is 0 Å². The van der Waals surface area contributed by atoms with Crippen LogP contribution in [0.15, 0.2) is 0 Å². The van der Waals surface area contributed by atoms with Crippen LogP contribution in [0, 0.1) is 0 Å². The lowest BCUT2D eigenvalue weighted by atomic mass is 10.1. The van der Waals surface area contributed by atoms with E-state index in [2.05, 4.69) is 0 Å². The third-order valence-corrected chi connectivity index (χ3v) is 7.61. The maximum absolute atomic E-state index is 12.2. The van der Waals surface area contributed by atoms with Gasteiger partial charge in [-0.15, -0.1) is 0 Å². The molecule has 2 heterocycles. The Hall–Kier alpha value is -0.180. The lowest BCUT2D eigenvalue weighted by molar-refractivity contribution is 0.107. The summed E-state index contributed by atoms with van der Waals surface area (Å²) in [6.07, 6.45) is 0.781. The van der Waals surface area contributed by atoms with E-state index in [1.165, 1.54) is 4.31 Å². The molecule has 17 heavy (non-hydrogen) atoms. The molecular weight excluding hydrogens is 266 g/mol. The molecule has 1 unspecified atom stereocenters. The van der Waals surface area contributed by atoms with Gasteiger partial charge >= 0.3 is 0 Å². The van der Waals surface area contributed by atoms with Crippen molar-refractivity contribution in [3.63, 3.8) is 0 Å². The van der Waals surface area contributed by atoms with Crippen molar-refractivity contribution in [1.82, 2.24) is 4.31 Å². The first-order chi connectivity index (χ1) is 7.81. The Labute approximate surface area is 102 Å². The predicted molar refractivity (Wildman–Crippen MR) is 62.8 cm³/mol. The van der Waals surface area contributed by atoms with Crippen molar-refractivity contribution >= 4 is 19.9 Å². The predicted octanol–water partition coefficient (Wildman–Crippen LogP) is -1.04. The van der Waals surface area contributed by atoms with E-state index in [0.717, 1.165) is 0 Å². The highest BCUT2D eigenvalue weighted by atomic mass is 32.2. The van der Waals surface area contributed by atoms with Crippen molar-refractivity contribution in [2.45, 2.75) is 30.6 Å². The van der Waals surface area contributed by atoms with Gasteiger partial charge in [-0.05, 0) is 19.3 Å². The second-order valence-corrected chi connectivity index (χ2v) is 9.17. The van der Waals surface area contributed by atoms with Crippen molar-refractivity contribution in [3.05, 3.63) is 0 Å². The van der Waals surface area contributed by atoms with Crippen molar-refractivity contribution in [1.29, 1.82) is 0 Å². The molecule has 2 saturated heterocycles. The molecular formula is C9H17NO5S2. The lowest BCUT2D eigenvalue weighted by Crippen LogP contribution is -2.46. The Balaban J connectivity index is 2.14. The Morgan fingerprint density at radius 1 is 1.24 bits per heavy atom. The van der Waals surface area contributed by atoms with E-state index < -0.39 is 31.2 Å². The van der Waals surface area contributed by atoms with Crippen LogP contribution in [-0.2, 0) is 19.9 Å². The molecule has 1 N–H and O–H groups in total. The number of sulfone groups is 1. The molecule has 0 amide bonds. The van der Waals surface area contributed by atoms with Gasteiger partial charge in [-0.2, -0.15) is 4.31 Å². The first-order valence-electron chi connectivity index (χ1n) is 5.69. The highest BCUT2D eigenvalue weighted by Crippen LogP contribution is 2.24. The van der Waals surface area contributed by atoms with Gasteiger partial charge in [-0.1, -0.05) is 0 Å². The quantitative estimate of drug-likeness (QED) is 0.699. The van der Waals surface area contributed by atoms with Crippen LogP contribution in [0.4, 0.5) is 0 Å². The molecule has 2 aliphatic rings. The molecule has 0 aromatic rings. The number of piperidine rings is 1. The van der Waals surface area contributed by atoms with Gasteiger partial charge in [0.15, 0.2) is 9.84 Å². The molecule has 100 valence electrons. The first-order valence-corrected chi connectivity index (χ1v) is 9.01. The van der Waals surface area contributed by atoms with E-state index in [0.29, 0.717) is 19.4 Å². The smallest absolute Gasteiger partial charge is 0.218 e. The maximum atomic E-state index is 12.2. The van der Waals surface area contributed by atoms with Crippen molar-refractivity contribution < 1.29 is 21.9 Å². The second kappa shape index (κ2) is 4.49. The van der Waals surface area contributed by atoms with Crippen molar-refractivity contribution in [3.8, 4) is 0 Å². The highest BCUT2D eigenvalue weighted by molar-refractivity contribution is 7.95. The fraction of sp³-hybridized carbons (Fsp3) is 1.00. The van der Waals surface area contributed by atoms with Crippen LogP contribution in [-0.4, -0.2) is 62.2 Å². The number of β-amino-alcohol motifs (C(OH)–C–C–N with tert-alkyl or cyclic N) is 1. The van der Waals surface area contributed by atoms with Gasteiger partial charge in [0.1, 0.15) is 0 Å². The van der Waals surface area contributed by atoms with E-state index in [-0.39, 0.29) is 24.5 Å². The average molecular weight is 283 g/mol. The van der Waals surface area contributed by atoms with Gasteiger partial charge in [-0.3, -0.25) is 0 Å². The average Bonchev–Trinajstić information content (AvgIpc) is 2.59. The van der Waals surface area contributed by atoms with Gasteiger partial charge < -0.3 is 5.11 Å². The molecule has 0 spiro atoms. The summed E-state index contributed by atoms with van der Waals surface area (Å²) in [5, 5.41) is 8.64. The number of nitrogens with zero attached hydrogens (tertiary/aromatic N) is 1. The largest absolute Gasteiger partial charge is 0.392 e. The number of rotatable bonds is 2. The third-order valence-electron chi connectivity index (χ3n) is 3.33. The molecule has 0 bridgehead atoms. The van der Waals surface area contributed by atoms with Crippen LogP contribution in [0.2, 0.25) is 0 Å². The zero-order valence-corrected chi connectivity index (χ0v) is 11.1. The molecule has 8 heteroatoms. The SMILES string of the molecule is O=S1(=O)CCC(S(=O)(=O)N2CCC[C@H](O)C2)C1. The fourth-order valence-corrected chi connectivity index (χ4v) is 6.96. The summed E-state index contributed by atoms with van der Waals surface area (Å²) in [6.45, 7) is 0.481. The summed E-state index contributed by atoms with van der Waals surface area (Å²) >= 11 is 0. The molecule has 0 aliphatic carbocycles.